The van der Waals surface area contributed by atoms with Gasteiger partial charge in [-0.05, 0) is 6.42 Å². The van der Waals surface area contributed by atoms with E-state index >= 15 is 0 Å². The molecule has 0 radical (unpaired) electrons. The molecule has 0 aromatic rings. The molecule has 1 saturated heterocycles. The van der Waals surface area contributed by atoms with Gasteiger partial charge in [0, 0.05) is 26.1 Å². The van der Waals surface area contributed by atoms with Crippen molar-refractivity contribution in [3.05, 3.63) is 0 Å². The molecule has 0 aliphatic carbocycles. The van der Waals surface area contributed by atoms with Crippen LogP contribution in [-0.4, -0.2) is 36.5 Å². The summed E-state index contributed by atoms with van der Waals surface area (Å²) in [6, 6.07) is 1.91. The lowest BCUT2D eigenvalue weighted by molar-refractivity contribution is -0.133. The Hall–Kier alpha value is -1.08. The highest BCUT2D eigenvalue weighted by Gasteiger charge is 2.25. The first-order chi connectivity index (χ1) is 7.79. The molecule has 0 aromatic heterocycles. The zero-order chi connectivity index (χ0) is 11.8. The number of rotatable bonds is 5. The summed E-state index contributed by atoms with van der Waals surface area (Å²) in [7, 11) is 0. The highest BCUT2D eigenvalue weighted by Crippen LogP contribution is 2.09. The maximum absolute atomic E-state index is 11.9. The van der Waals surface area contributed by atoms with Crippen LogP contribution in [0.25, 0.3) is 0 Å². The van der Waals surface area contributed by atoms with Gasteiger partial charge < -0.3 is 10.2 Å². The van der Waals surface area contributed by atoms with Crippen LogP contribution in [0.3, 0.4) is 0 Å². The highest BCUT2D eigenvalue weighted by atomic mass is 16.2. The smallest absolute Gasteiger partial charge is 0.223 e. The van der Waals surface area contributed by atoms with Crippen LogP contribution in [-0.2, 0) is 4.79 Å². The number of hydrogen-bond donors (Lipinski definition) is 1. The van der Waals surface area contributed by atoms with Crippen molar-refractivity contribution in [2.75, 3.05) is 19.6 Å². The van der Waals surface area contributed by atoms with Crippen molar-refractivity contribution in [3.63, 3.8) is 0 Å². The molecule has 0 aromatic carbocycles. The van der Waals surface area contributed by atoms with E-state index in [1.165, 1.54) is 12.8 Å². The van der Waals surface area contributed by atoms with Gasteiger partial charge >= 0.3 is 0 Å². The third-order valence-corrected chi connectivity index (χ3v) is 2.96. The summed E-state index contributed by atoms with van der Waals surface area (Å²) in [6.45, 7) is 4.24. The van der Waals surface area contributed by atoms with E-state index in [1.54, 1.807) is 4.90 Å². The summed E-state index contributed by atoms with van der Waals surface area (Å²) in [5.41, 5.74) is 0. The Bertz CT molecular complexity index is 259. The molecule has 1 amide bonds. The Morgan fingerprint density at radius 2 is 2.31 bits per heavy atom. The van der Waals surface area contributed by atoms with Gasteiger partial charge in [-0.25, -0.2) is 0 Å². The first-order valence-corrected chi connectivity index (χ1v) is 6.19. The number of amides is 1. The second kappa shape index (κ2) is 7.24. The van der Waals surface area contributed by atoms with Gasteiger partial charge in [0.2, 0.25) is 5.91 Å². The Morgan fingerprint density at radius 3 is 3.00 bits per heavy atom. The first kappa shape index (κ1) is 13.0. The molecule has 1 heterocycles. The molecule has 1 unspecified atom stereocenters. The fourth-order valence-electron chi connectivity index (χ4n) is 1.96. The van der Waals surface area contributed by atoms with Crippen LogP contribution in [0.2, 0.25) is 0 Å². The Kier molecular flexibility index (Phi) is 5.87. The molecule has 4 heteroatoms. The summed E-state index contributed by atoms with van der Waals surface area (Å²) in [6.07, 6.45) is 5.04. The standard InChI is InChI=1S/C12H21N3O/c1-2-3-4-5-6-12(16)15-8-7-14-10-11(15)9-13/h11,14H,2-8,10H2,1H3. The van der Waals surface area contributed by atoms with Crippen molar-refractivity contribution in [1.82, 2.24) is 10.2 Å². The van der Waals surface area contributed by atoms with Crippen LogP contribution in [0.4, 0.5) is 0 Å². The zero-order valence-corrected chi connectivity index (χ0v) is 10.0. The van der Waals surface area contributed by atoms with Crippen molar-refractivity contribution >= 4 is 5.91 Å². The summed E-state index contributed by atoms with van der Waals surface area (Å²) in [5, 5.41) is 12.1. The third-order valence-electron chi connectivity index (χ3n) is 2.96. The molecule has 1 atom stereocenters. The fourth-order valence-corrected chi connectivity index (χ4v) is 1.96. The van der Waals surface area contributed by atoms with E-state index in [-0.39, 0.29) is 11.9 Å². The van der Waals surface area contributed by atoms with Crippen LogP contribution in [0.1, 0.15) is 39.0 Å². The summed E-state index contributed by atoms with van der Waals surface area (Å²) in [4.78, 5) is 13.6. The van der Waals surface area contributed by atoms with E-state index < -0.39 is 0 Å². The molecule has 90 valence electrons. The lowest BCUT2D eigenvalue weighted by atomic mass is 10.1. The lowest BCUT2D eigenvalue weighted by Crippen LogP contribution is -2.52. The maximum Gasteiger partial charge on any atom is 0.223 e. The monoisotopic (exact) mass is 223 g/mol. The Labute approximate surface area is 97.6 Å². The fraction of sp³-hybridized carbons (Fsp3) is 0.833. The Balaban J connectivity index is 2.31. The molecule has 1 N–H and O–H groups in total. The van der Waals surface area contributed by atoms with E-state index in [2.05, 4.69) is 18.3 Å². The van der Waals surface area contributed by atoms with Gasteiger partial charge in [0.1, 0.15) is 6.04 Å². The molecule has 4 nitrogen and oxygen atoms in total. The number of piperazine rings is 1. The van der Waals surface area contributed by atoms with E-state index in [0.717, 1.165) is 19.4 Å². The third kappa shape index (κ3) is 3.82. The van der Waals surface area contributed by atoms with Gasteiger partial charge in [-0.3, -0.25) is 4.79 Å². The highest BCUT2D eigenvalue weighted by molar-refractivity contribution is 5.77. The van der Waals surface area contributed by atoms with Gasteiger partial charge in [0.25, 0.3) is 0 Å². The molecule has 1 aliphatic heterocycles. The average Bonchev–Trinajstić information content (AvgIpc) is 2.34. The summed E-state index contributed by atoms with van der Waals surface area (Å²) in [5.74, 6) is 0.143. The number of carbonyl (C=O) groups excluding carboxylic acids is 1. The largest absolute Gasteiger partial charge is 0.324 e. The quantitative estimate of drug-likeness (QED) is 0.714. The van der Waals surface area contributed by atoms with Crippen LogP contribution in [0, 0.1) is 11.3 Å². The molecule has 0 saturated carbocycles. The minimum atomic E-state index is -0.271. The number of nitrogens with zero attached hydrogens (tertiary/aromatic N) is 2. The summed E-state index contributed by atoms with van der Waals surface area (Å²) < 4.78 is 0. The van der Waals surface area contributed by atoms with E-state index in [4.69, 9.17) is 5.26 Å². The topological polar surface area (TPSA) is 56.1 Å². The molecule has 1 rings (SSSR count). The lowest BCUT2D eigenvalue weighted by Gasteiger charge is -2.32. The predicted octanol–water partition coefficient (Wildman–Crippen LogP) is 1.28. The van der Waals surface area contributed by atoms with Gasteiger partial charge in [0.15, 0.2) is 0 Å². The van der Waals surface area contributed by atoms with E-state index in [1.807, 2.05) is 0 Å². The summed E-state index contributed by atoms with van der Waals surface area (Å²) >= 11 is 0. The van der Waals surface area contributed by atoms with Crippen molar-refractivity contribution in [2.24, 2.45) is 0 Å². The predicted molar refractivity (Wildman–Crippen MR) is 62.7 cm³/mol. The van der Waals surface area contributed by atoms with Gasteiger partial charge in [-0.15, -0.1) is 0 Å². The average molecular weight is 223 g/mol. The molecular weight excluding hydrogens is 202 g/mol. The molecule has 16 heavy (non-hydrogen) atoms. The van der Waals surface area contributed by atoms with Gasteiger partial charge in [0.05, 0.1) is 6.07 Å². The minimum absolute atomic E-state index is 0.143. The van der Waals surface area contributed by atoms with Crippen molar-refractivity contribution < 1.29 is 4.79 Å². The van der Waals surface area contributed by atoms with E-state index in [9.17, 15) is 4.79 Å². The molecule has 1 fully saturated rings. The van der Waals surface area contributed by atoms with Crippen molar-refractivity contribution in [1.29, 1.82) is 5.26 Å². The zero-order valence-electron chi connectivity index (χ0n) is 10.0. The van der Waals surface area contributed by atoms with Crippen molar-refractivity contribution in [3.8, 4) is 6.07 Å². The van der Waals surface area contributed by atoms with Crippen molar-refractivity contribution in [2.45, 2.75) is 45.1 Å². The first-order valence-electron chi connectivity index (χ1n) is 6.19. The minimum Gasteiger partial charge on any atom is -0.324 e. The van der Waals surface area contributed by atoms with Crippen LogP contribution in [0.5, 0.6) is 0 Å². The normalized spacial score (nSPS) is 20.5. The number of nitrogens with one attached hydrogen (secondary N) is 1. The Morgan fingerprint density at radius 1 is 1.50 bits per heavy atom. The SMILES string of the molecule is CCCCCCC(=O)N1CCNCC1C#N. The second-order valence-corrected chi connectivity index (χ2v) is 4.25. The second-order valence-electron chi connectivity index (χ2n) is 4.25. The van der Waals surface area contributed by atoms with Gasteiger partial charge in [-0.1, -0.05) is 26.2 Å². The van der Waals surface area contributed by atoms with Crippen LogP contribution in [0.15, 0.2) is 0 Å². The molecule has 0 spiro atoms. The number of carbonyl (C=O) groups is 1. The molecule has 1 aliphatic rings. The number of hydrogen-bond acceptors (Lipinski definition) is 3. The maximum atomic E-state index is 11.9. The van der Waals surface area contributed by atoms with Crippen LogP contribution >= 0.6 is 0 Å². The van der Waals surface area contributed by atoms with Gasteiger partial charge in [-0.2, -0.15) is 5.26 Å². The molecule has 0 bridgehead atoms. The number of unbranched alkanes of at least 4 members (excludes halogenated alkanes) is 3. The molecular formula is C12H21N3O. The van der Waals surface area contributed by atoms with Crippen LogP contribution < -0.4 is 5.32 Å². The number of nitriles is 1. The van der Waals surface area contributed by atoms with E-state index in [0.29, 0.717) is 19.5 Å².